The molecule has 0 saturated heterocycles. The molecular formula is C12H12ClFN2O3S2. The molecule has 1 aromatic carbocycles. The normalized spacial score (nSPS) is 12.0. The van der Waals surface area contributed by atoms with Gasteiger partial charge in [-0.15, -0.1) is 11.3 Å². The fraction of sp³-hybridized carbons (Fsp3) is 0.250. The average Bonchev–Trinajstić information content (AvgIpc) is 2.93. The Bertz CT molecular complexity index is 735. The quantitative estimate of drug-likeness (QED) is 0.897. The van der Waals surface area contributed by atoms with Crippen LogP contribution in [0, 0.1) is 5.82 Å². The fourth-order valence-corrected chi connectivity index (χ4v) is 3.84. The molecule has 0 aliphatic rings. The Balaban J connectivity index is 2.41. The molecule has 114 valence electrons. The SMILES string of the molecule is CN(Cc1cscn1)S(=O)(=O)c1cc(Cl)cc(CO)c1F. The van der Waals surface area contributed by atoms with E-state index in [0.29, 0.717) is 5.69 Å². The second kappa shape index (κ2) is 6.37. The molecule has 0 spiro atoms. The summed E-state index contributed by atoms with van der Waals surface area (Å²) in [5.41, 5.74) is 1.98. The fourth-order valence-electron chi connectivity index (χ4n) is 1.72. The van der Waals surface area contributed by atoms with Crippen LogP contribution < -0.4 is 0 Å². The first-order chi connectivity index (χ1) is 9.86. The third kappa shape index (κ3) is 3.41. The van der Waals surface area contributed by atoms with E-state index < -0.39 is 27.3 Å². The highest BCUT2D eigenvalue weighted by Crippen LogP contribution is 2.26. The molecule has 1 heterocycles. The second-order valence-corrected chi connectivity index (χ2v) is 7.44. The Labute approximate surface area is 130 Å². The number of aliphatic hydroxyl groups excluding tert-OH is 1. The molecule has 0 aliphatic carbocycles. The van der Waals surface area contributed by atoms with Crippen LogP contribution >= 0.6 is 22.9 Å². The van der Waals surface area contributed by atoms with E-state index in [-0.39, 0.29) is 17.1 Å². The Morgan fingerprint density at radius 1 is 1.48 bits per heavy atom. The first kappa shape index (κ1) is 16.3. The molecule has 0 unspecified atom stereocenters. The minimum atomic E-state index is -4.07. The van der Waals surface area contributed by atoms with Crippen molar-refractivity contribution >= 4 is 33.0 Å². The second-order valence-electron chi connectivity index (χ2n) is 4.28. The van der Waals surface area contributed by atoms with E-state index in [0.717, 1.165) is 10.4 Å². The lowest BCUT2D eigenvalue weighted by Crippen LogP contribution is -2.27. The van der Waals surface area contributed by atoms with E-state index >= 15 is 0 Å². The Hall–Kier alpha value is -1.06. The van der Waals surface area contributed by atoms with Crippen LogP contribution in [0.5, 0.6) is 0 Å². The minimum absolute atomic E-state index is 0.0201. The highest BCUT2D eigenvalue weighted by atomic mass is 35.5. The van der Waals surface area contributed by atoms with Crippen molar-refractivity contribution < 1.29 is 17.9 Å². The van der Waals surface area contributed by atoms with Crippen LogP contribution in [0.15, 0.2) is 27.9 Å². The summed E-state index contributed by atoms with van der Waals surface area (Å²) in [5.74, 6) is -0.993. The maximum Gasteiger partial charge on any atom is 0.246 e. The molecule has 1 N–H and O–H groups in total. The van der Waals surface area contributed by atoms with Crippen LogP contribution in [0.4, 0.5) is 4.39 Å². The van der Waals surface area contributed by atoms with Gasteiger partial charge in [0, 0.05) is 23.0 Å². The monoisotopic (exact) mass is 350 g/mol. The summed E-state index contributed by atoms with van der Waals surface area (Å²) in [6.07, 6.45) is 0. The summed E-state index contributed by atoms with van der Waals surface area (Å²) in [7, 11) is -2.75. The van der Waals surface area contributed by atoms with Crippen LogP contribution in [0.2, 0.25) is 5.02 Å². The molecular weight excluding hydrogens is 339 g/mol. The number of hydrogen-bond donors (Lipinski definition) is 1. The van der Waals surface area contributed by atoms with Crippen molar-refractivity contribution in [2.45, 2.75) is 18.0 Å². The van der Waals surface area contributed by atoms with Crippen molar-refractivity contribution in [1.29, 1.82) is 0 Å². The summed E-state index contributed by atoms with van der Waals surface area (Å²) < 4.78 is 40.0. The number of aromatic nitrogens is 1. The molecule has 0 saturated carbocycles. The van der Waals surface area contributed by atoms with Gasteiger partial charge < -0.3 is 5.11 Å². The molecule has 0 aliphatic heterocycles. The predicted octanol–water partition coefficient (Wildman–Crippen LogP) is 2.25. The molecule has 0 bridgehead atoms. The summed E-state index contributed by atoms with van der Waals surface area (Å²) >= 11 is 7.12. The summed E-state index contributed by atoms with van der Waals surface area (Å²) in [4.78, 5) is 3.43. The smallest absolute Gasteiger partial charge is 0.246 e. The standard InChI is InChI=1S/C12H12ClFN2O3S2/c1-16(4-10-6-20-7-15-10)21(18,19)11-3-9(13)2-8(5-17)12(11)14/h2-3,6-7,17H,4-5H2,1H3. The van der Waals surface area contributed by atoms with Crippen LogP contribution in [0.1, 0.15) is 11.3 Å². The van der Waals surface area contributed by atoms with E-state index in [4.69, 9.17) is 16.7 Å². The highest BCUT2D eigenvalue weighted by Gasteiger charge is 2.27. The van der Waals surface area contributed by atoms with Gasteiger partial charge in [0.2, 0.25) is 10.0 Å². The Morgan fingerprint density at radius 3 is 2.76 bits per heavy atom. The number of sulfonamides is 1. The van der Waals surface area contributed by atoms with Gasteiger partial charge >= 0.3 is 0 Å². The lowest BCUT2D eigenvalue weighted by molar-refractivity contribution is 0.274. The first-order valence-electron chi connectivity index (χ1n) is 5.78. The zero-order valence-corrected chi connectivity index (χ0v) is 13.3. The molecule has 1 aromatic heterocycles. The van der Waals surface area contributed by atoms with Crippen LogP contribution in [0.3, 0.4) is 0 Å². The van der Waals surface area contributed by atoms with E-state index in [1.54, 1.807) is 10.9 Å². The van der Waals surface area contributed by atoms with Crippen molar-refractivity contribution in [2.24, 2.45) is 0 Å². The molecule has 0 atom stereocenters. The van der Waals surface area contributed by atoms with Gasteiger partial charge in [-0.05, 0) is 12.1 Å². The average molecular weight is 351 g/mol. The predicted molar refractivity (Wildman–Crippen MR) is 78.1 cm³/mol. The van der Waals surface area contributed by atoms with Gasteiger partial charge in [-0.25, -0.2) is 17.8 Å². The third-order valence-corrected chi connectivity index (χ3v) is 5.46. The Morgan fingerprint density at radius 2 is 2.19 bits per heavy atom. The molecule has 2 aromatic rings. The van der Waals surface area contributed by atoms with Crippen molar-refractivity contribution in [3.05, 3.63) is 45.1 Å². The van der Waals surface area contributed by atoms with Gasteiger partial charge in [0.15, 0.2) is 0 Å². The van der Waals surface area contributed by atoms with Crippen LogP contribution in [-0.2, 0) is 23.2 Å². The molecule has 5 nitrogen and oxygen atoms in total. The number of aliphatic hydroxyl groups is 1. The summed E-state index contributed by atoms with van der Waals surface area (Å²) in [6, 6.07) is 2.22. The molecule has 21 heavy (non-hydrogen) atoms. The third-order valence-electron chi connectivity index (χ3n) is 2.81. The number of halogens is 2. The number of hydrogen-bond acceptors (Lipinski definition) is 5. The molecule has 0 fully saturated rings. The van der Waals surface area contributed by atoms with Crippen molar-refractivity contribution in [1.82, 2.24) is 9.29 Å². The van der Waals surface area contributed by atoms with Gasteiger partial charge in [-0.3, -0.25) is 0 Å². The maximum atomic E-state index is 14.1. The maximum absolute atomic E-state index is 14.1. The van der Waals surface area contributed by atoms with E-state index in [9.17, 15) is 12.8 Å². The van der Waals surface area contributed by atoms with Gasteiger partial charge in [-0.2, -0.15) is 4.31 Å². The number of thiazole rings is 1. The zero-order chi connectivity index (χ0) is 15.6. The number of nitrogens with zero attached hydrogens (tertiary/aromatic N) is 2. The van der Waals surface area contributed by atoms with Gasteiger partial charge in [-0.1, -0.05) is 11.6 Å². The van der Waals surface area contributed by atoms with E-state index in [2.05, 4.69) is 4.98 Å². The van der Waals surface area contributed by atoms with Crippen LogP contribution in [0.25, 0.3) is 0 Å². The molecule has 2 rings (SSSR count). The van der Waals surface area contributed by atoms with Crippen LogP contribution in [-0.4, -0.2) is 29.9 Å². The van der Waals surface area contributed by atoms with E-state index in [1.807, 2.05) is 0 Å². The highest BCUT2D eigenvalue weighted by molar-refractivity contribution is 7.89. The van der Waals surface area contributed by atoms with Gasteiger partial charge in [0.05, 0.1) is 24.4 Å². The molecule has 9 heteroatoms. The largest absolute Gasteiger partial charge is 0.392 e. The Kier molecular flexibility index (Phi) is 4.95. The minimum Gasteiger partial charge on any atom is -0.392 e. The van der Waals surface area contributed by atoms with Crippen molar-refractivity contribution in [2.75, 3.05) is 7.05 Å². The first-order valence-corrected chi connectivity index (χ1v) is 8.54. The topological polar surface area (TPSA) is 70.5 Å². The number of benzene rings is 1. The zero-order valence-electron chi connectivity index (χ0n) is 11.0. The van der Waals surface area contributed by atoms with Gasteiger partial charge in [0.25, 0.3) is 0 Å². The van der Waals surface area contributed by atoms with Crippen molar-refractivity contribution in [3.63, 3.8) is 0 Å². The van der Waals surface area contributed by atoms with E-state index in [1.165, 1.54) is 24.5 Å². The molecule has 0 radical (unpaired) electrons. The summed E-state index contributed by atoms with van der Waals surface area (Å²) in [5, 5.41) is 10.8. The lowest BCUT2D eigenvalue weighted by atomic mass is 10.2. The van der Waals surface area contributed by atoms with Gasteiger partial charge in [0.1, 0.15) is 10.7 Å². The molecule has 0 amide bonds. The number of rotatable bonds is 5. The lowest BCUT2D eigenvalue weighted by Gasteiger charge is -2.17. The summed E-state index contributed by atoms with van der Waals surface area (Å²) in [6.45, 7) is -0.614. The van der Waals surface area contributed by atoms with Crippen molar-refractivity contribution in [3.8, 4) is 0 Å².